The third kappa shape index (κ3) is 3.59. The van der Waals surface area contributed by atoms with Gasteiger partial charge in [0.05, 0.1) is 7.11 Å². The number of aryl methyl sites for hydroxylation is 1. The van der Waals surface area contributed by atoms with E-state index >= 15 is 0 Å². The van der Waals surface area contributed by atoms with Gasteiger partial charge in [0, 0.05) is 28.2 Å². The van der Waals surface area contributed by atoms with Gasteiger partial charge in [-0.2, -0.15) is 0 Å². The molecule has 1 aromatic heterocycles. The van der Waals surface area contributed by atoms with Gasteiger partial charge in [0.1, 0.15) is 17.5 Å². The van der Waals surface area contributed by atoms with E-state index in [-0.39, 0.29) is 6.04 Å². The Balaban J connectivity index is 1.58. The summed E-state index contributed by atoms with van der Waals surface area (Å²) in [5.41, 5.74) is 5.56. The van der Waals surface area contributed by atoms with E-state index in [4.69, 9.17) is 21.1 Å². The summed E-state index contributed by atoms with van der Waals surface area (Å²) in [4.78, 5) is 18.7. The fourth-order valence-corrected chi connectivity index (χ4v) is 4.58. The van der Waals surface area contributed by atoms with Gasteiger partial charge in [-0.05, 0) is 66.4 Å². The van der Waals surface area contributed by atoms with Crippen LogP contribution in [0.4, 0.5) is 4.79 Å². The fourth-order valence-electron chi connectivity index (χ4n) is 4.45. The predicted octanol–water partition coefficient (Wildman–Crippen LogP) is 6.28. The molecule has 0 saturated carbocycles. The number of hydrogen-bond acceptors (Lipinski definition) is 3. The molecule has 1 amide bonds. The second-order valence-corrected chi connectivity index (χ2v) is 8.39. The number of methoxy groups -OCH3 is 1. The Bertz CT molecular complexity index is 1280. The molecule has 1 aliphatic rings. The van der Waals surface area contributed by atoms with Crippen molar-refractivity contribution < 1.29 is 14.3 Å². The molecule has 5 nitrogen and oxygen atoms in total. The molecule has 1 N–H and O–H groups in total. The lowest BCUT2D eigenvalue weighted by Crippen LogP contribution is -2.42. The van der Waals surface area contributed by atoms with E-state index in [1.807, 2.05) is 24.3 Å². The van der Waals surface area contributed by atoms with Gasteiger partial charge in [-0.25, -0.2) is 4.79 Å². The van der Waals surface area contributed by atoms with Crippen LogP contribution in [0.3, 0.4) is 0 Å². The summed E-state index contributed by atoms with van der Waals surface area (Å²) in [6.07, 6.45) is 0.357. The van der Waals surface area contributed by atoms with Crippen LogP contribution < -0.4 is 9.47 Å². The first-order chi connectivity index (χ1) is 15.5. The number of halogens is 1. The SMILES string of the molecule is COc1ccc(C2c3[nH]c4c(C)cccc4c3CCN2C(=O)Oc2ccc(Cl)cc2)cc1. The minimum Gasteiger partial charge on any atom is -0.497 e. The molecule has 0 saturated heterocycles. The first-order valence-corrected chi connectivity index (χ1v) is 10.9. The maximum absolute atomic E-state index is 13.3. The molecular weight excluding hydrogens is 424 g/mol. The minimum absolute atomic E-state index is 0.295. The van der Waals surface area contributed by atoms with Crippen LogP contribution >= 0.6 is 11.6 Å². The van der Waals surface area contributed by atoms with Gasteiger partial charge >= 0.3 is 6.09 Å². The number of amides is 1. The van der Waals surface area contributed by atoms with Gasteiger partial charge in [0.25, 0.3) is 0 Å². The molecule has 1 atom stereocenters. The number of para-hydroxylation sites is 1. The zero-order valence-electron chi connectivity index (χ0n) is 17.9. The van der Waals surface area contributed by atoms with Crippen molar-refractivity contribution in [2.75, 3.05) is 13.7 Å². The highest BCUT2D eigenvalue weighted by atomic mass is 35.5. The van der Waals surface area contributed by atoms with Crippen molar-refractivity contribution in [1.29, 1.82) is 0 Å². The number of hydrogen-bond donors (Lipinski definition) is 1. The Morgan fingerprint density at radius 3 is 2.47 bits per heavy atom. The van der Waals surface area contributed by atoms with E-state index in [0.29, 0.717) is 17.3 Å². The molecule has 5 rings (SSSR count). The number of benzene rings is 3. The zero-order chi connectivity index (χ0) is 22.2. The van der Waals surface area contributed by atoms with E-state index in [1.165, 1.54) is 16.5 Å². The standard InChI is InChI=1S/C26H23ClN2O3/c1-16-4-3-5-21-22-14-15-29(26(30)32-20-12-8-18(27)9-13-20)25(24(22)28-23(16)21)17-6-10-19(31-2)11-7-17/h3-13,25,28H,14-15H2,1-2H3. The quantitative estimate of drug-likeness (QED) is 0.402. The summed E-state index contributed by atoms with van der Waals surface area (Å²) in [6, 6.07) is 20.7. The number of aromatic amines is 1. The summed E-state index contributed by atoms with van der Waals surface area (Å²) < 4.78 is 11.0. The lowest BCUT2D eigenvalue weighted by Gasteiger charge is -2.35. The first-order valence-electron chi connectivity index (χ1n) is 10.5. The van der Waals surface area contributed by atoms with Crippen molar-refractivity contribution in [3.63, 3.8) is 0 Å². The van der Waals surface area contributed by atoms with Crippen LogP contribution in [0.5, 0.6) is 11.5 Å². The number of aromatic nitrogens is 1. The summed E-state index contributed by atoms with van der Waals surface area (Å²) >= 11 is 5.97. The second-order valence-electron chi connectivity index (χ2n) is 7.96. The number of carbonyl (C=O) groups is 1. The molecule has 3 aromatic carbocycles. The largest absolute Gasteiger partial charge is 0.497 e. The zero-order valence-corrected chi connectivity index (χ0v) is 18.6. The Hall–Kier alpha value is -3.44. The molecule has 162 valence electrons. The van der Waals surface area contributed by atoms with Crippen LogP contribution in [0.1, 0.15) is 28.4 Å². The highest BCUT2D eigenvalue weighted by Crippen LogP contribution is 2.40. The molecule has 1 aliphatic heterocycles. The van der Waals surface area contributed by atoms with E-state index in [1.54, 1.807) is 36.3 Å². The summed E-state index contributed by atoms with van der Waals surface area (Å²) in [6.45, 7) is 2.65. The first kappa shape index (κ1) is 20.5. The van der Waals surface area contributed by atoms with Crippen molar-refractivity contribution in [3.05, 3.63) is 94.1 Å². The molecule has 0 radical (unpaired) electrons. The molecular formula is C26H23ClN2O3. The number of nitrogens with zero attached hydrogens (tertiary/aromatic N) is 1. The highest BCUT2D eigenvalue weighted by Gasteiger charge is 2.35. The van der Waals surface area contributed by atoms with E-state index < -0.39 is 6.09 Å². The smallest absolute Gasteiger partial charge is 0.416 e. The third-order valence-corrected chi connectivity index (χ3v) is 6.31. The van der Waals surface area contributed by atoms with Crippen molar-refractivity contribution in [2.45, 2.75) is 19.4 Å². The van der Waals surface area contributed by atoms with Crippen LogP contribution in [0.25, 0.3) is 10.9 Å². The van der Waals surface area contributed by atoms with Crippen LogP contribution in [0, 0.1) is 6.92 Å². The second kappa shape index (κ2) is 8.24. The van der Waals surface area contributed by atoms with E-state index in [9.17, 15) is 4.79 Å². The third-order valence-electron chi connectivity index (χ3n) is 6.06. The molecule has 0 aliphatic carbocycles. The number of H-pyrrole nitrogens is 1. The van der Waals surface area contributed by atoms with Crippen LogP contribution in [-0.2, 0) is 6.42 Å². The van der Waals surface area contributed by atoms with Gasteiger partial charge in [-0.1, -0.05) is 41.9 Å². The molecule has 32 heavy (non-hydrogen) atoms. The topological polar surface area (TPSA) is 54.6 Å². The van der Waals surface area contributed by atoms with Crippen molar-refractivity contribution >= 4 is 28.6 Å². The average Bonchev–Trinajstić information content (AvgIpc) is 3.20. The molecule has 6 heteroatoms. The number of ether oxygens (including phenoxy) is 2. The molecule has 1 unspecified atom stereocenters. The van der Waals surface area contributed by atoms with Gasteiger partial charge in [0.15, 0.2) is 0 Å². The van der Waals surface area contributed by atoms with Crippen molar-refractivity contribution in [2.24, 2.45) is 0 Å². The Labute approximate surface area is 191 Å². The molecule has 0 fully saturated rings. The van der Waals surface area contributed by atoms with Crippen molar-refractivity contribution in [3.8, 4) is 11.5 Å². The van der Waals surface area contributed by atoms with Gasteiger partial charge in [-0.15, -0.1) is 0 Å². The Kier molecular flexibility index (Phi) is 5.27. The van der Waals surface area contributed by atoms with E-state index in [2.05, 4.69) is 30.1 Å². The van der Waals surface area contributed by atoms with Gasteiger partial charge in [0.2, 0.25) is 0 Å². The summed E-state index contributed by atoms with van der Waals surface area (Å²) in [7, 11) is 1.64. The maximum atomic E-state index is 13.3. The number of nitrogens with one attached hydrogen (secondary N) is 1. The van der Waals surface area contributed by atoms with Gasteiger partial charge < -0.3 is 14.5 Å². The average molecular weight is 447 g/mol. The lowest BCUT2D eigenvalue weighted by molar-refractivity contribution is 0.135. The number of carbonyl (C=O) groups excluding carboxylic acids is 1. The van der Waals surface area contributed by atoms with Crippen LogP contribution in [-0.4, -0.2) is 29.6 Å². The maximum Gasteiger partial charge on any atom is 0.416 e. The Morgan fingerprint density at radius 1 is 1.03 bits per heavy atom. The summed E-state index contributed by atoms with van der Waals surface area (Å²) in [5.74, 6) is 1.23. The molecule has 0 spiro atoms. The monoisotopic (exact) mass is 446 g/mol. The number of fused-ring (bicyclic) bond motifs is 3. The minimum atomic E-state index is -0.394. The van der Waals surface area contributed by atoms with Crippen molar-refractivity contribution in [1.82, 2.24) is 9.88 Å². The summed E-state index contributed by atoms with van der Waals surface area (Å²) in [5, 5.41) is 1.81. The van der Waals surface area contributed by atoms with Crippen LogP contribution in [0.2, 0.25) is 5.02 Å². The Morgan fingerprint density at radius 2 is 1.75 bits per heavy atom. The molecule has 0 bridgehead atoms. The predicted molar refractivity (Wildman–Crippen MR) is 126 cm³/mol. The van der Waals surface area contributed by atoms with E-state index in [0.717, 1.165) is 28.9 Å². The molecule has 4 aromatic rings. The number of rotatable bonds is 3. The fraction of sp³-hybridized carbons (Fsp3) is 0.192. The lowest BCUT2D eigenvalue weighted by atomic mass is 9.92. The van der Waals surface area contributed by atoms with Crippen LogP contribution in [0.15, 0.2) is 66.7 Å². The van der Waals surface area contributed by atoms with Gasteiger partial charge in [-0.3, -0.25) is 4.90 Å². The normalized spacial score (nSPS) is 15.5. The highest BCUT2D eigenvalue weighted by molar-refractivity contribution is 6.30. The molecule has 2 heterocycles.